The molecule has 1 fully saturated rings. The zero-order valence-electron chi connectivity index (χ0n) is 9.31. The molecule has 0 saturated heterocycles. The van der Waals surface area contributed by atoms with Gasteiger partial charge >= 0.3 is 0 Å². The Hall–Kier alpha value is -0.610. The average Bonchev–Trinajstić information content (AvgIpc) is 2.65. The van der Waals surface area contributed by atoms with E-state index in [4.69, 9.17) is 0 Å². The third-order valence-corrected chi connectivity index (χ3v) is 4.15. The van der Waals surface area contributed by atoms with Gasteiger partial charge in [-0.1, -0.05) is 12.8 Å². The van der Waals surface area contributed by atoms with Gasteiger partial charge in [0.05, 0.1) is 17.8 Å². The van der Waals surface area contributed by atoms with Crippen LogP contribution in [0.2, 0.25) is 0 Å². The molecule has 1 aliphatic rings. The largest absolute Gasteiger partial charge is 0.391 e. The molecule has 2 atom stereocenters. The van der Waals surface area contributed by atoms with Gasteiger partial charge in [-0.05, 0) is 19.8 Å². The first kappa shape index (κ1) is 10.9. The van der Waals surface area contributed by atoms with E-state index in [0.717, 1.165) is 30.1 Å². The fraction of sp³-hybridized carbons (Fsp3) is 0.727. The minimum atomic E-state index is -0.187. The zero-order chi connectivity index (χ0) is 10.8. The second-order valence-electron chi connectivity index (χ2n) is 4.30. The predicted molar refractivity (Wildman–Crippen MR) is 63.5 cm³/mol. The van der Waals surface area contributed by atoms with Crippen molar-refractivity contribution in [3.63, 3.8) is 0 Å². The Bertz CT molecular complexity index is 326. The molecule has 0 bridgehead atoms. The number of aliphatic hydroxyl groups excluding tert-OH is 1. The molecule has 1 aromatic rings. The van der Waals surface area contributed by atoms with Crippen LogP contribution in [0.5, 0.6) is 0 Å². The molecular weight excluding hydrogens is 208 g/mol. The van der Waals surface area contributed by atoms with E-state index in [1.54, 1.807) is 11.3 Å². The molecule has 2 unspecified atom stereocenters. The Morgan fingerprint density at radius 1 is 1.47 bits per heavy atom. The first-order chi connectivity index (χ1) is 7.18. The van der Waals surface area contributed by atoms with Crippen LogP contribution in [-0.4, -0.2) is 29.3 Å². The lowest BCUT2D eigenvalue weighted by atomic mass is 9.92. The van der Waals surface area contributed by atoms with Crippen LogP contribution in [0.15, 0.2) is 5.38 Å². The number of thiazole rings is 1. The van der Waals surface area contributed by atoms with Crippen molar-refractivity contribution in [3.8, 4) is 0 Å². The molecule has 3 nitrogen and oxygen atoms in total. The van der Waals surface area contributed by atoms with E-state index in [0.29, 0.717) is 0 Å². The van der Waals surface area contributed by atoms with Crippen molar-refractivity contribution in [1.29, 1.82) is 0 Å². The van der Waals surface area contributed by atoms with E-state index in [1.165, 1.54) is 6.42 Å². The fourth-order valence-electron chi connectivity index (χ4n) is 2.19. The van der Waals surface area contributed by atoms with Gasteiger partial charge in [0.25, 0.3) is 0 Å². The maximum Gasteiger partial charge on any atom is 0.185 e. The van der Waals surface area contributed by atoms with E-state index in [1.807, 2.05) is 14.0 Å². The molecule has 1 aliphatic carbocycles. The number of nitrogens with zero attached hydrogens (tertiary/aromatic N) is 2. The summed E-state index contributed by atoms with van der Waals surface area (Å²) in [5, 5.41) is 13.0. The van der Waals surface area contributed by atoms with Gasteiger partial charge in [0.1, 0.15) is 0 Å². The average molecular weight is 226 g/mol. The molecule has 1 heterocycles. The first-order valence-corrected chi connectivity index (χ1v) is 6.39. The van der Waals surface area contributed by atoms with E-state index in [-0.39, 0.29) is 12.1 Å². The minimum Gasteiger partial charge on any atom is -0.391 e. The van der Waals surface area contributed by atoms with Crippen molar-refractivity contribution in [2.24, 2.45) is 0 Å². The smallest absolute Gasteiger partial charge is 0.185 e. The maximum absolute atomic E-state index is 9.94. The summed E-state index contributed by atoms with van der Waals surface area (Å²) in [6, 6.07) is 0.254. The van der Waals surface area contributed by atoms with Gasteiger partial charge in [-0.15, -0.1) is 11.3 Å². The number of hydrogen-bond acceptors (Lipinski definition) is 4. The lowest BCUT2D eigenvalue weighted by Crippen LogP contribution is -2.43. The van der Waals surface area contributed by atoms with E-state index >= 15 is 0 Å². The second kappa shape index (κ2) is 4.49. The molecule has 1 saturated carbocycles. The van der Waals surface area contributed by atoms with E-state index < -0.39 is 0 Å². The standard InChI is InChI=1S/C11H18N2OS/c1-8-7-15-11(12-8)13(2)9-5-3-4-6-10(9)14/h7,9-10,14H,3-6H2,1-2H3. The monoisotopic (exact) mass is 226 g/mol. The van der Waals surface area contributed by atoms with Crippen LogP contribution in [0, 0.1) is 6.92 Å². The van der Waals surface area contributed by atoms with Gasteiger partial charge in [-0.25, -0.2) is 4.98 Å². The summed E-state index contributed by atoms with van der Waals surface area (Å²) in [5.41, 5.74) is 1.06. The topological polar surface area (TPSA) is 36.4 Å². The highest BCUT2D eigenvalue weighted by Gasteiger charge is 2.27. The van der Waals surface area contributed by atoms with Crippen molar-refractivity contribution in [2.75, 3.05) is 11.9 Å². The highest BCUT2D eigenvalue weighted by Crippen LogP contribution is 2.28. The highest BCUT2D eigenvalue weighted by molar-refractivity contribution is 7.13. The molecule has 1 N–H and O–H groups in total. The summed E-state index contributed by atoms with van der Waals surface area (Å²) >= 11 is 1.66. The number of aromatic nitrogens is 1. The lowest BCUT2D eigenvalue weighted by molar-refractivity contribution is 0.106. The molecule has 84 valence electrons. The summed E-state index contributed by atoms with van der Waals surface area (Å²) < 4.78 is 0. The number of rotatable bonds is 2. The molecule has 0 amide bonds. The minimum absolute atomic E-state index is 0.187. The first-order valence-electron chi connectivity index (χ1n) is 5.51. The third kappa shape index (κ3) is 2.32. The summed E-state index contributed by atoms with van der Waals surface area (Å²) in [6.45, 7) is 2.01. The van der Waals surface area contributed by atoms with Gasteiger partial charge in [0.15, 0.2) is 5.13 Å². The van der Waals surface area contributed by atoms with Crippen molar-refractivity contribution < 1.29 is 5.11 Å². The Morgan fingerprint density at radius 2 is 2.20 bits per heavy atom. The Morgan fingerprint density at radius 3 is 2.80 bits per heavy atom. The third-order valence-electron chi connectivity index (χ3n) is 3.10. The molecule has 0 spiro atoms. The Balaban J connectivity index is 2.09. The van der Waals surface area contributed by atoms with Crippen LogP contribution in [-0.2, 0) is 0 Å². The van der Waals surface area contributed by atoms with Gasteiger partial charge in [0, 0.05) is 12.4 Å². The highest BCUT2D eigenvalue weighted by atomic mass is 32.1. The molecule has 1 aromatic heterocycles. The molecule has 15 heavy (non-hydrogen) atoms. The molecule has 0 radical (unpaired) electrons. The summed E-state index contributed by atoms with van der Waals surface area (Å²) in [6.07, 6.45) is 4.20. The molecule has 4 heteroatoms. The van der Waals surface area contributed by atoms with Crippen LogP contribution in [0.1, 0.15) is 31.4 Å². The van der Waals surface area contributed by atoms with E-state index in [9.17, 15) is 5.11 Å². The van der Waals surface area contributed by atoms with E-state index in [2.05, 4.69) is 15.3 Å². The molecular formula is C11H18N2OS. The van der Waals surface area contributed by atoms with Crippen molar-refractivity contribution in [1.82, 2.24) is 4.98 Å². The van der Waals surface area contributed by atoms with Crippen LogP contribution in [0.3, 0.4) is 0 Å². The summed E-state index contributed by atoms with van der Waals surface area (Å²) in [4.78, 5) is 6.59. The zero-order valence-corrected chi connectivity index (χ0v) is 10.1. The quantitative estimate of drug-likeness (QED) is 0.840. The number of anilines is 1. The van der Waals surface area contributed by atoms with Crippen LogP contribution < -0.4 is 4.90 Å². The van der Waals surface area contributed by atoms with Crippen molar-refractivity contribution in [2.45, 2.75) is 44.8 Å². The van der Waals surface area contributed by atoms with Crippen LogP contribution in [0.25, 0.3) is 0 Å². The van der Waals surface area contributed by atoms with Crippen molar-refractivity contribution >= 4 is 16.5 Å². The van der Waals surface area contributed by atoms with Crippen LogP contribution >= 0.6 is 11.3 Å². The van der Waals surface area contributed by atoms with Gasteiger partial charge < -0.3 is 10.0 Å². The number of aliphatic hydroxyl groups is 1. The number of aryl methyl sites for hydroxylation is 1. The summed E-state index contributed by atoms with van der Waals surface area (Å²) in [7, 11) is 2.04. The molecule has 0 aliphatic heterocycles. The summed E-state index contributed by atoms with van der Waals surface area (Å²) in [5.74, 6) is 0. The van der Waals surface area contributed by atoms with Gasteiger partial charge in [0.2, 0.25) is 0 Å². The Kier molecular flexibility index (Phi) is 3.26. The van der Waals surface area contributed by atoms with Gasteiger partial charge in [-0.2, -0.15) is 0 Å². The van der Waals surface area contributed by atoms with Crippen LogP contribution in [0.4, 0.5) is 5.13 Å². The normalized spacial score (nSPS) is 26.6. The Labute approximate surface area is 94.8 Å². The molecule has 2 rings (SSSR count). The maximum atomic E-state index is 9.94. The second-order valence-corrected chi connectivity index (χ2v) is 5.14. The van der Waals surface area contributed by atoms with Gasteiger partial charge in [-0.3, -0.25) is 0 Å². The number of likely N-dealkylation sites (N-methyl/N-ethyl adjacent to an activating group) is 1. The fourth-order valence-corrected chi connectivity index (χ4v) is 3.02. The lowest BCUT2D eigenvalue weighted by Gasteiger charge is -2.34. The van der Waals surface area contributed by atoms with Crippen molar-refractivity contribution in [3.05, 3.63) is 11.1 Å². The number of hydrogen-bond donors (Lipinski definition) is 1. The SMILES string of the molecule is Cc1csc(N(C)C2CCCCC2O)n1. The predicted octanol–water partition coefficient (Wildman–Crippen LogP) is 2.19. The molecule has 0 aromatic carbocycles.